The van der Waals surface area contributed by atoms with E-state index in [2.05, 4.69) is 5.10 Å². The number of hydrogen-bond donors (Lipinski definition) is 0. The number of nitrogens with zero attached hydrogens (tertiary/aromatic N) is 3. The predicted octanol–water partition coefficient (Wildman–Crippen LogP) is 4.30. The first-order chi connectivity index (χ1) is 11.6. The smallest absolute Gasteiger partial charge is 0.258 e. The molecular formula is C19H24ClN3O. The molecule has 1 fully saturated rings. The zero-order valence-corrected chi connectivity index (χ0v) is 15.1. The summed E-state index contributed by atoms with van der Waals surface area (Å²) in [5.74, 6) is -0.0105. The molecule has 24 heavy (non-hydrogen) atoms. The van der Waals surface area contributed by atoms with Crippen molar-refractivity contribution in [1.29, 1.82) is 0 Å². The molecule has 0 saturated heterocycles. The molecule has 5 heteroatoms. The van der Waals surface area contributed by atoms with Gasteiger partial charge in [0.2, 0.25) is 0 Å². The van der Waals surface area contributed by atoms with Crippen molar-refractivity contribution in [2.24, 2.45) is 0 Å². The van der Waals surface area contributed by atoms with Crippen molar-refractivity contribution in [3.63, 3.8) is 0 Å². The van der Waals surface area contributed by atoms with Crippen LogP contribution >= 0.6 is 11.6 Å². The van der Waals surface area contributed by atoms with Crippen molar-refractivity contribution >= 4 is 17.5 Å². The monoisotopic (exact) mass is 345 g/mol. The van der Waals surface area contributed by atoms with Crippen molar-refractivity contribution in [1.82, 2.24) is 14.7 Å². The molecule has 0 bridgehead atoms. The van der Waals surface area contributed by atoms with Gasteiger partial charge in [0.15, 0.2) is 0 Å². The summed E-state index contributed by atoms with van der Waals surface area (Å²) in [5.41, 5.74) is 2.35. The molecule has 2 aromatic rings. The summed E-state index contributed by atoms with van der Waals surface area (Å²) in [6.45, 7) is 2.43. The van der Waals surface area contributed by atoms with Crippen molar-refractivity contribution in [3.8, 4) is 0 Å². The molecule has 1 aromatic heterocycles. The Hall–Kier alpha value is -1.81. The van der Waals surface area contributed by atoms with Gasteiger partial charge in [-0.3, -0.25) is 4.79 Å². The van der Waals surface area contributed by atoms with Gasteiger partial charge >= 0.3 is 0 Å². The highest BCUT2D eigenvalue weighted by Gasteiger charge is 2.28. The van der Waals surface area contributed by atoms with Gasteiger partial charge in [0.05, 0.1) is 17.8 Å². The maximum absolute atomic E-state index is 12.9. The number of aryl methyl sites for hydroxylation is 1. The Kier molecular flexibility index (Phi) is 5.24. The van der Waals surface area contributed by atoms with E-state index in [-0.39, 0.29) is 5.91 Å². The van der Waals surface area contributed by atoms with E-state index >= 15 is 0 Å². The largest absolute Gasteiger partial charge is 0.339 e. The molecule has 1 saturated carbocycles. The SMILES string of the molecule is Cc1nn(Cc2ccccc2)c(Cl)c1C(=O)N(C)C1CCCCC1. The summed E-state index contributed by atoms with van der Waals surface area (Å²) in [6, 6.07) is 10.3. The zero-order chi connectivity index (χ0) is 17.1. The van der Waals surface area contributed by atoms with Gasteiger partial charge in [0, 0.05) is 13.1 Å². The number of benzene rings is 1. The maximum atomic E-state index is 12.9. The number of halogens is 1. The van der Waals surface area contributed by atoms with E-state index < -0.39 is 0 Å². The van der Waals surface area contributed by atoms with E-state index in [1.165, 1.54) is 19.3 Å². The van der Waals surface area contributed by atoms with E-state index in [9.17, 15) is 4.79 Å². The highest BCUT2D eigenvalue weighted by atomic mass is 35.5. The summed E-state index contributed by atoms with van der Waals surface area (Å²) in [4.78, 5) is 14.8. The third-order valence-electron chi connectivity index (χ3n) is 4.90. The Morgan fingerprint density at radius 1 is 1.25 bits per heavy atom. The number of aromatic nitrogens is 2. The third-order valence-corrected chi connectivity index (χ3v) is 5.28. The van der Waals surface area contributed by atoms with Crippen LogP contribution in [-0.4, -0.2) is 33.7 Å². The number of carbonyl (C=O) groups excluding carboxylic acids is 1. The van der Waals surface area contributed by atoms with Gasteiger partial charge in [-0.05, 0) is 25.3 Å². The van der Waals surface area contributed by atoms with Crippen molar-refractivity contribution in [2.75, 3.05) is 7.05 Å². The zero-order valence-electron chi connectivity index (χ0n) is 14.3. The minimum Gasteiger partial charge on any atom is -0.339 e. The summed E-state index contributed by atoms with van der Waals surface area (Å²) in [7, 11) is 1.89. The summed E-state index contributed by atoms with van der Waals surface area (Å²) in [6.07, 6.45) is 5.83. The van der Waals surface area contributed by atoms with Crippen LogP contribution in [0.2, 0.25) is 5.15 Å². The highest BCUT2D eigenvalue weighted by molar-refractivity contribution is 6.33. The van der Waals surface area contributed by atoms with Crippen LogP contribution in [0.1, 0.15) is 53.7 Å². The normalized spacial score (nSPS) is 15.5. The van der Waals surface area contributed by atoms with Crippen LogP contribution in [0.15, 0.2) is 30.3 Å². The van der Waals surface area contributed by atoms with Crippen molar-refractivity contribution < 1.29 is 4.79 Å². The molecular weight excluding hydrogens is 322 g/mol. The quantitative estimate of drug-likeness (QED) is 0.828. The van der Waals surface area contributed by atoms with Crippen LogP contribution in [-0.2, 0) is 6.54 Å². The lowest BCUT2D eigenvalue weighted by atomic mass is 9.94. The van der Waals surface area contributed by atoms with Crippen molar-refractivity contribution in [2.45, 2.75) is 51.6 Å². The Morgan fingerprint density at radius 2 is 1.92 bits per heavy atom. The molecule has 0 radical (unpaired) electrons. The fourth-order valence-corrected chi connectivity index (χ4v) is 3.78. The fourth-order valence-electron chi connectivity index (χ4n) is 3.47. The minimum atomic E-state index is -0.0105. The van der Waals surface area contributed by atoms with Gasteiger partial charge < -0.3 is 4.90 Å². The van der Waals surface area contributed by atoms with Crippen LogP contribution in [0.4, 0.5) is 0 Å². The van der Waals surface area contributed by atoms with Crippen LogP contribution < -0.4 is 0 Å². The van der Waals surface area contributed by atoms with Crippen LogP contribution in [0.3, 0.4) is 0 Å². The lowest BCUT2D eigenvalue weighted by molar-refractivity contribution is 0.0695. The second kappa shape index (κ2) is 7.39. The molecule has 0 atom stereocenters. The first-order valence-corrected chi connectivity index (χ1v) is 8.99. The van der Waals surface area contributed by atoms with E-state index in [1.54, 1.807) is 4.68 Å². The Bertz CT molecular complexity index is 705. The number of rotatable bonds is 4. The van der Waals surface area contributed by atoms with Gasteiger partial charge in [0.25, 0.3) is 5.91 Å². The van der Waals surface area contributed by atoms with Gasteiger partial charge in [-0.25, -0.2) is 4.68 Å². The molecule has 0 spiro atoms. The number of amides is 1. The Balaban J connectivity index is 1.81. The molecule has 0 N–H and O–H groups in total. The molecule has 1 aromatic carbocycles. The third kappa shape index (κ3) is 3.48. The molecule has 1 heterocycles. The number of hydrogen-bond acceptors (Lipinski definition) is 2. The second-order valence-electron chi connectivity index (χ2n) is 6.60. The fraction of sp³-hybridized carbons (Fsp3) is 0.474. The predicted molar refractivity (Wildman–Crippen MR) is 96.5 cm³/mol. The molecule has 0 unspecified atom stereocenters. The summed E-state index contributed by atoms with van der Waals surface area (Å²) in [5, 5.41) is 4.93. The summed E-state index contributed by atoms with van der Waals surface area (Å²) < 4.78 is 1.72. The van der Waals surface area contributed by atoms with Crippen molar-refractivity contribution in [3.05, 3.63) is 52.3 Å². The summed E-state index contributed by atoms with van der Waals surface area (Å²) >= 11 is 6.51. The minimum absolute atomic E-state index is 0.0105. The van der Waals surface area contributed by atoms with E-state index in [0.29, 0.717) is 29.0 Å². The number of carbonyl (C=O) groups is 1. The molecule has 1 amide bonds. The van der Waals surface area contributed by atoms with Crippen LogP contribution in [0.5, 0.6) is 0 Å². The Morgan fingerprint density at radius 3 is 2.58 bits per heavy atom. The topological polar surface area (TPSA) is 38.1 Å². The molecule has 0 aliphatic heterocycles. The molecule has 1 aliphatic carbocycles. The van der Waals surface area contributed by atoms with E-state index in [4.69, 9.17) is 11.6 Å². The average Bonchev–Trinajstić information content (AvgIpc) is 2.89. The maximum Gasteiger partial charge on any atom is 0.258 e. The van der Waals surface area contributed by atoms with E-state index in [0.717, 1.165) is 18.4 Å². The molecule has 3 rings (SSSR count). The van der Waals surface area contributed by atoms with Crippen LogP contribution in [0.25, 0.3) is 0 Å². The first kappa shape index (κ1) is 17.0. The highest BCUT2D eigenvalue weighted by Crippen LogP contribution is 2.27. The van der Waals surface area contributed by atoms with Crippen LogP contribution in [0, 0.1) is 6.92 Å². The van der Waals surface area contributed by atoms with E-state index in [1.807, 2.05) is 49.2 Å². The lowest BCUT2D eigenvalue weighted by Crippen LogP contribution is -2.38. The standard InChI is InChI=1S/C19H24ClN3O/c1-14-17(19(24)22(2)16-11-7-4-8-12-16)18(20)23(21-14)13-15-9-5-3-6-10-15/h3,5-6,9-10,16H,4,7-8,11-13H2,1-2H3. The molecule has 4 nitrogen and oxygen atoms in total. The first-order valence-electron chi connectivity index (χ1n) is 8.62. The Labute approximate surface area is 148 Å². The van der Waals surface area contributed by atoms with Gasteiger partial charge in [-0.1, -0.05) is 61.2 Å². The lowest BCUT2D eigenvalue weighted by Gasteiger charge is -2.31. The second-order valence-corrected chi connectivity index (χ2v) is 6.96. The molecule has 1 aliphatic rings. The molecule has 128 valence electrons. The van der Waals surface area contributed by atoms with Gasteiger partial charge in [-0.15, -0.1) is 0 Å². The van der Waals surface area contributed by atoms with Gasteiger partial charge in [-0.2, -0.15) is 5.10 Å². The van der Waals surface area contributed by atoms with Gasteiger partial charge in [0.1, 0.15) is 5.15 Å². The average molecular weight is 346 g/mol.